The zero-order valence-corrected chi connectivity index (χ0v) is 41.6. The van der Waals surface area contributed by atoms with Crippen molar-refractivity contribution in [3.05, 3.63) is 34.9 Å². The normalized spacial score (nSPS) is 22.1. The second kappa shape index (κ2) is 34.9. The van der Waals surface area contributed by atoms with Crippen LogP contribution in [-0.4, -0.2) is 180 Å². The third-order valence-corrected chi connectivity index (χ3v) is 17.6. The Labute approximate surface area is 390 Å². The fourth-order valence-electron chi connectivity index (χ4n) is 7.42. The van der Waals surface area contributed by atoms with Gasteiger partial charge in [-0.3, -0.25) is 14.4 Å². The van der Waals surface area contributed by atoms with Gasteiger partial charge in [-0.25, -0.2) is 0 Å². The Bertz CT molecular complexity index is 1110. The number of rotatable bonds is 3. The van der Waals surface area contributed by atoms with Crippen molar-refractivity contribution in [1.29, 1.82) is 0 Å². The summed E-state index contributed by atoms with van der Waals surface area (Å²) in [5.74, 6) is 12.7. The van der Waals surface area contributed by atoms with Crippen molar-refractivity contribution in [2.24, 2.45) is 0 Å². The second-order valence-electron chi connectivity index (χ2n) is 15.8. The second-order valence-corrected chi connectivity index (χ2v) is 23.2. The van der Waals surface area contributed by atoms with Gasteiger partial charge < -0.3 is 30.7 Å². The molecule has 3 fully saturated rings. The fraction of sp³-hybridized carbons (Fsp3) is 0.800. The van der Waals surface area contributed by atoms with Gasteiger partial charge in [-0.05, 0) is 204 Å². The van der Waals surface area contributed by atoms with E-state index < -0.39 is 0 Å². The summed E-state index contributed by atoms with van der Waals surface area (Å²) in [5.41, 5.74) is 1.44. The Morgan fingerprint density at radius 1 is 0.317 bits per heavy atom. The van der Waals surface area contributed by atoms with E-state index >= 15 is 0 Å². The summed E-state index contributed by atoms with van der Waals surface area (Å²) in [5, 5.41) is 10.7. The van der Waals surface area contributed by atoms with E-state index in [2.05, 4.69) is 16.0 Å². The molecule has 60 heavy (non-hydrogen) atoms. The predicted octanol–water partition coefficient (Wildman–Crippen LogP) is 7.90. The molecule has 0 aromatic heterocycles. The minimum absolute atomic E-state index is 0.0513. The Morgan fingerprint density at radius 3 is 0.700 bits per heavy atom. The lowest BCUT2D eigenvalue weighted by Crippen LogP contribution is -2.37. The van der Waals surface area contributed by atoms with Gasteiger partial charge in [0.15, 0.2) is 0 Å². The molecule has 3 N–H and O–H groups in total. The lowest BCUT2D eigenvalue weighted by Gasteiger charge is -2.27. The molecule has 0 atom stereocenters. The van der Waals surface area contributed by atoms with Crippen molar-refractivity contribution >= 4 is 88.3 Å². The van der Waals surface area contributed by atoms with Crippen LogP contribution in [0.1, 0.15) is 108 Å². The smallest absolute Gasteiger partial charge is 0.253 e. The molecule has 0 unspecified atom stereocenters. The zero-order chi connectivity index (χ0) is 42.1. The number of nitrogens with zero attached hydrogens (tertiary/aromatic N) is 3. The van der Waals surface area contributed by atoms with Gasteiger partial charge in [-0.2, -0.15) is 70.6 Å². The molecular formula is C45H78N6O3S6. The monoisotopic (exact) mass is 942 g/mol. The highest BCUT2D eigenvalue weighted by atomic mass is 32.2. The number of thioether (sulfide) groups is 6. The van der Waals surface area contributed by atoms with E-state index in [0.717, 1.165) is 185 Å². The first kappa shape index (κ1) is 52.2. The lowest BCUT2D eigenvalue weighted by atomic mass is 10.0. The molecule has 0 radical (unpaired) electrons. The molecule has 3 aliphatic heterocycles. The van der Waals surface area contributed by atoms with E-state index in [0.29, 0.717) is 56.0 Å². The van der Waals surface area contributed by atoms with Crippen LogP contribution in [0.15, 0.2) is 18.2 Å². The van der Waals surface area contributed by atoms with Gasteiger partial charge >= 0.3 is 0 Å². The Hall–Kier alpha value is -0.390. The number of nitrogens with one attached hydrogen (secondary N) is 3. The number of hydrogen-bond acceptors (Lipinski definition) is 12. The van der Waals surface area contributed by atoms with Crippen LogP contribution < -0.4 is 16.0 Å². The van der Waals surface area contributed by atoms with Crippen LogP contribution in [0.3, 0.4) is 0 Å². The van der Waals surface area contributed by atoms with Crippen molar-refractivity contribution in [3.63, 3.8) is 0 Å². The molecule has 0 aliphatic carbocycles. The topological polar surface area (TPSA) is 97.0 Å². The quantitative estimate of drug-likeness (QED) is 0.275. The number of carbonyl (C=O) groups is 3. The molecule has 1 aromatic carbocycles. The molecule has 3 saturated heterocycles. The van der Waals surface area contributed by atoms with Gasteiger partial charge in [0.1, 0.15) is 0 Å². The largest absolute Gasteiger partial charge is 0.339 e. The first-order valence-electron chi connectivity index (χ1n) is 23.2. The maximum atomic E-state index is 14.7. The third-order valence-electron chi connectivity index (χ3n) is 10.7. The molecular weight excluding hydrogens is 865 g/mol. The van der Waals surface area contributed by atoms with Crippen LogP contribution in [0, 0.1) is 0 Å². The van der Waals surface area contributed by atoms with Crippen molar-refractivity contribution in [2.75, 3.05) is 148 Å². The lowest BCUT2D eigenvalue weighted by molar-refractivity contribution is 0.0753. The summed E-state index contributed by atoms with van der Waals surface area (Å²) in [6.45, 7) is 10.5. The van der Waals surface area contributed by atoms with E-state index in [1.165, 1.54) is 0 Å². The Kier molecular flexibility index (Phi) is 30.4. The van der Waals surface area contributed by atoms with E-state index in [9.17, 15) is 14.4 Å². The van der Waals surface area contributed by atoms with Gasteiger partial charge in [0.05, 0.1) is 0 Å². The first-order chi connectivity index (χ1) is 29.6. The zero-order valence-electron chi connectivity index (χ0n) is 36.7. The number of benzene rings is 1. The van der Waals surface area contributed by atoms with Gasteiger partial charge in [0, 0.05) is 56.0 Å². The highest BCUT2D eigenvalue weighted by Gasteiger charge is 2.25. The molecule has 4 rings (SSSR count). The third kappa shape index (κ3) is 23.0. The highest BCUT2D eigenvalue weighted by Crippen LogP contribution is 2.21. The van der Waals surface area contributed by atoms with Gasteiger partial charge in [0.25, 0.3) is 17.7 Å². The summed E-state index contributed by atoms with van der Waals surface area (Å²) < 4.78 is 0. The van der Waals surface area contributed by atoms with Crippen LogP contribution in [0.2, 0.25) is 0 Å². The van der Waals surface area contributed by atoms with Crippen LogP contribution in [-0.2, 0) is 0 Å². The molecule has 0 saturated carbocycles. The molecule has 0 spiro atoms. The molecule has 0 bridgehead atoms. The van der Waals surface area contributed by atoms with Gasteiger partial charge in [0.2, 0.25) is 0 Å². The predicted molar refractivity (Wildman–Crippen MR) is 272 cm³/mol. The molecule has 9 nitrogen and oxygen atoms in total. The van der Waals surface area contributed by atoms with Crippen molar-refractivity contribution in [3.8, 4) is 0 Å². The highest BCUT2D eigenvalue weighted by molar-refractivity contribution is 8.00. The van der Waals surface area contributed by atoms with E-state index in [1.54, 1.807) is 0 Å². The summed E-state index contributed by atoms with van der Waals surface area (Å²) >= 11 is 11.8. The number of hydrogen-bond donors (Lipinski definition) is 3. The van der Waals surface area contributed by atoms with Gasteiger partial charge in [-0.1, -0.05) is 0 Å². The average molecular weight is 944 g/mol. The molecule has 1 aromatic rings. The van der Waals surface area contributed by atoms with Crippen molar-refractivity contribution in [1.82, 2.24) is 30.7 Å². The van der Waals surface area contributed by atoms with Crippen LogP contribution in [0.4, 0.5) is 0 Å². The molecule has 342 valence electrons. The van der Waals surface area contributed by atoms with Crippen LogP contribution in [0.5, 0.6) is 0 Å². The molecule has 3 amide bonds. The van der Waals surface area contributed by atoms with Crippen molar-refractivity contribution in [2.45, 2.75) is 77.0 Å². The van der Waals surface area contributed by atoms with E-state index in [1.807, 2.05) is 103 Å². The Morgan fingerprint density at radius 2 is 0.500 bits per heavy atom. The maximum Gasteiger partial charge on any atom is 0.253 e. The molecule has 15 heteroatoms. The standard InChI is InChI=1S/C45H78N6O3S6/c52-43(49-19-7-31-55-25-1-13-46-14-2-26-56-32-8-20-49)40-37-41(44(53)50-21-9-33-57-27-3-15-47-16-4-28-58-34-10-22-50)39-42(38-40)45(54)51-23-11-35-59-29-5-17-48-18-6-30-60-36-12-24-51/h37-39,46-48H,1-36H2. The first-order valence-corrected chi connectivity index (χ1v) is 30.2. The Balaban J connectivity index is 1.59. The number of carbonyl (C=O) groups excluding carboxylic acids is 3. The SMILES string of the molecule is O=C(c1cc(C(=O)N2CCCSCCCNCCCSCCC2)cc(C(=O)N2CCCSCCCNCCCSCCC2)c1)N1CCCSCCCNCCCSCCC1. The minimum Gasteiger partial charge on any atom is -0.339 e. The summed E-state index contributed by atoms with van der Waals surface area (Å²) in [4.78, 5) is 50.2. The summed E-state index contributed by atoms with van der Waals surface area (Å²) in [6, 6.07) is 5.47. The average Bonchev–Trinajstić information content (AvgIpc) is 3.25. The maximum absolute atomic E-state index is 14.7. The van der Waals surface area contributed by atoms with E-state index in [-0.39, 0.29) is 17.7 Å². The van der Waals surface area contributed by atoms with Gasteiger partial charge in [-0.15, -0.1) is 0 Å². The fourth-order valence-corrected chi connectivity index (χ4v) is 12.7. The minimum atomic E-state index is -0.0513. The summed E-state index contributed by atoms with van der Waals surface area (Å²) in [7, 11) is 0. The number of amides is 3. The molecule has 3 heterocycles. The molecule has 3 aliphatic rings. The van der Waals surface area contributed by atoms with Crippen LogP contribution >= 0.6 is 70.6 Å². The van der Waals surface area contributed by atoms with Crippen molar-refractivity contribution < 1.29 is 14.4 Å². The van der Waals surface area contributed by atoms with E-state index in [4.69, 9.17) is 0 Å². The summed E-state index contributed by atoms with van der Waals surface area (Å²) in [6.07, 6.45) is 12.6. The van der Waals surface area contributed by atoms with Crippen LogP contribution in [0.25, 0.3) is 0 Å².